The van der Waals surface area contributed by atoms with Gasteiger partial charge in [-0.2, -0.15) is 0 Å². The summed E-state index contributed by atoms with van der Waals surface area (Å²) in [6, 6.07) is 5.88. The second-order valence-corrected chi connectivity index (χ2v) is 8.40. The average molecular weight is 406 g/mol. The predicted molar refractivity (Wildman–Crippen MR) is 113 cm³/mol. The van der Waals surface area contributed by atoms with Crippen LogP contribution in [0.3, 0.4) is 0 Å². The van der Waals surface area contributed by atoms with Gasteiger partial charge in [-0.05, 0) is 44.2 Å². The molecule has 0 radical (unpaired) electrons. The molecule has 0 spiro atoms. The molecule has 3 rings (SSSR count). The normalized spacial score (nSPS) is 19.7. The molecule has 2 aliphatic heterocycles. The minimum absolute atomic E-state index is 0.0316. The summed E-state index contributed by atoms with van der Waals surface area (Å²) in [5.74, 6) is -0.122. The van der Waals surface area contributed by atoms with Crippen LogP contribution in [0.2, 0.25) is 0 Å². The van der Waals surface area contributed by atoms with Crippen molar-refractivity contribution in [1.82, 2.24) is 4.90 Å². The lowest BCUT2D eigenvalue weighted by Gasteiger charge is -2.18. The largest absolute Gasteiger partial charge is 0.335 e. The highest BCUT2D eigenvalue weighted by Crippen LogP contribution is 2.47. The van der Waals surface area contributed by atoms with E-state index in [1.54, 1.807) is 16.7 Å². The van der Waals surface area contributed by atoms with Crippen molar-refractivity contribution < 1.29 is 9.59 Å². The maximum absolute atomic E-state index is 12.3. The number of thiocarbonyl (C=S) groups is 1. The first-order valence-electron chi connectivity index (χ1n) is 8.27. The Hall–Kier alpha value is -1.77. The summed E-state index contributed by atoms with van der Waals surface area (Å²) in [4.78, 5) is 29.2. The van der Waals surface area contributed by atoms with Crippen LogP contribution in [0.4, 0.5) is 11.4 Å². The van der Waals surface area contributed by atoms with E-state index in [2.05, 4.69) is 17.1 Å². The number of likely N-dealkylation sites (N-methyl/N-ethyl adjacent to an activating group) is 1. The fourth-order valence-corrected chi connectivity index (χ4v) is 5.20. The summed E-state index contributed by atoms with van der Waals surface area (Å²) in [6.07, 6.45) is 3.81. The molecule has 8 heteroatoms. The number of carbonyl (C=O) groups excluding carboxylic acids is 2. The number of benzene rings is 1. The molecule has 0 aliphatic carbocycles. The molecule has 0 aromatic heterocycles. The monoisotopic (exact) mass is 405 g/mol. The lowest BCUT2D eigenvalue weighted by atomic mass is 10.2. The standard InChI is InChI=1S/C18H19N3O2S3/c1-4-20-13-10-12(19-11(3)22)6-7-14(13)25-16(20)9-8-15-17(23)21(5-2)18(24)26-15/h6-10H,4-5H2,1-3H3,(H,19,22)/b15-8?,16-9+. The summed E-state index contributed by atoms with van der Waals surface area (Å²) < 4.78 is 0.608. The zero-order valence-corrected chi connectivity index (χ0v) is 17.2. The Kier molecular flexibility index (Phi) is 5.74. The van der Waals surface area contributed by atoms with Gasteiger partial charge in [0.2, 0.25) is 5.91 Å². The molecule has 2 heterocycles. The molecular weight excluding hydrogens is 386 g/mol. The number of fused-ring (bicyclic) bond motifs is 1. The van der Waals surface area contributed by atoms with Gasteiger partial charge in [-0.15, -0.1) is 0 Å². The molecule has 5 nitrogen and oxygen atoms in total. The lowest BCUT2D eigenvalue weighted by molar-refractivity contribution is -0.122. The number of nitrogens with zero attached hydrogens (tertiary/aromatic N) is 2. The van der Waals surface area contributed by atoms with Crippen LogP contribution < -0.4 is 10.2 Å². The van der Waals surface area contributed by atoms with Crippen molar-refractivity contribution in [3.8, 4) is 0 Å². The van der Waals surface area contributed by atoms with Gasteiger partial charge in [0.05, 0.1) is 15.6 Å². The van der Waals surface area contributed by atoms with Crippen LogP contribution >= 0.6 is 35.7 Å². The first kappa shape index (κ1) is 19.0. The molecule has 2 aliphatic rings. The van der Waals surface area contributed by atoms with Crippen molar-refractivity contribution in [3.05, 3.63) is 40.3 Å². The van der Waals surface area contributed by atoms with E-state index in [1.165, 1.54) is 18.7 Å². The van der Waals surface area contributed by atoms with Gasteiger partial charge < -0.3 is 10.2 Å². The number of thioether (sulfide) groups is 2. The third-order valence-corrected chi connectivity index (χ3v) is 6.46. The van der Waals surface area contributed by atoms with E-state index in [0.29, 0.717) is 15.8 Å². The maximum Gasteiger partial charge on any atom is 0.266 e. The molecule has 2 amide bonds. The fourth-order valence-electron chi connectivity index (χ4n) is 2.77. The van der Waals surface area contributed by atoms with E-state index in [1.807, 2.05) is 37.3 Å². The number of amides is 2. The predicted octanol–water partition coefficient (Wildman–Crippen LogP) is 4.18. The minimum atomic E-state index is -0.0904. The third-order valence-electron chi connectivity index (χ3n) is 3.93. The highest BCUT2D eigenvalue weighted by atomic mass is 32.2. The van der Waals surface area contributed by atoms with Gasteiger partial charge in [0, 0.05) is 30.6 Å². The van der Waals surface area contributed by atoms with Gasteiger partial charge >= 0.3 is 0 Å². The van der Waals surface area contributed by atoms with E-state index in [0.717, 1.165) is 27.8 Å². The Bertz CT molecular complexity index is 848. The molecule has 0 saturated carbocycles. The lowest BCUT2D eigenvalue weighted by Crippen LogP contribution is -2.27. The van der Waals surface area contributed by atoms with E-state index >= 15 is 0 Å². The summed E-state index contributed by atoms with van der Waals surface area (Å²) in [6.45, 7) is 6.87. The number of rotatable bonds is 4. The van der Waals surface area contributed by atoms with E-state index in [9.17, 15) is 9.59 Å². The van der Waals surface area contributed by atoms with Crippen LogP contribution in [0.25, 0.3) is 0 Å². The average Bonchev–Trinajstić information content (AvgIpc) is 3.08. The van der Waals surface area contributed by atoms with Gasteiger partial charge in [-0.1, -0.05) is 35.7 Å². The zero-order valence-electron chi connectivity index (χ0n) is 14.7. The molecule has 1 aromatic rings. The van der Waals surface area contributed by atoms with Crippen LogP contribution in [0.15, 0.2) is 45.2 Å². The fraction of sp³-hybridized carbons (Fsp3) is 0.278. The Morgan fingerprint density at radius 1 is 1.19 bits per heavy atom. The van der Waals surface area contributed by atoms with Crippen molar-refractivity contribution >= 4 is 63.3 Å². The van der Waals surface area contributed by atoms with Crippen LogP contribution in [-0.4, -0.2) is 34.1 Å². The number of hydrogen-bond acceptors (Lipinski definition) is 6. The zero-order chi connectivity index (χ0) is 18.8. The van der Waals surface area contributed by atoms with Crippen molar-refractivity contribution in [2.75, 3.05) is 23.3 Å². The highest BCUT2D eigenvalue weighted by molar-refractivity contribution is 8.26. The topological polar surface area (TPSA) is 52.7 Å². The highest BCUT2D eigenvalue weighted by Gasteiger charge is 2.30. The van der Waals surface area contributed by atoms with Crippen LogP contribution in [0.1, 0.15) is 20.8 Å². The second-order valence-electron chi connectivity index (χ2n) is 5.66. The second kappa shape index (κ2) is 7.85. The van der Waals surface area contributed by atoms with Gasteiger partial charge in [-0.25, -0.2) is 0 Å². The molecule has 136 valence electrons. The minimum Gasteiger partial charge on any atom is -0.335 e. The molecule has 1 fully saturated rings. The van der Waals surface area contributed by atoms with Crippen LogP contribution in [-0.2, 0) is 9.59 Å². The van der Waals surface area contributed by atoms with Crippen molar-refractivity contribution in [2.24, 2.45) is 0 Å². The molecule has 0 unspecified atom stereocenters. The number of anilines is 2. The number of allylic oxidation sites excluding steroid dienone is 2. The van der Waals surface area contributed by atoms with E-state index in [4.69, 9.17) is 12.2 Å². The van der Waals surface area contributed by atoms with Crippen molar-refractivity contribution in [2.45, 2.75) is 25.7 Å². The van der Waals surface area contributed by atoms with E-state index < -0.39 is 0 Å². The summed E-state index contributed by atoms with van der Waals surface area (Å²) in [5, 5.41) is 3.86. The Balaban J connectivity index is 1.86. The molecule has 1 N–H and O–H groups in total. The van der Waals surface area contributed by atoms with Gasteiger partial charge in [-0.3, -0.25) is 14.5 Å². The molecule has 1 aromatic carbocycles. The Morgan fingerprint density at radius 2 is 1.92 bits per heavy atom. The van der Waals surface area contributed by atoms with E-state index in [-0.39, 0.29) is 11.8 Å². The summed E-state index contributed by atoms with van der Waals surface area (Å²) in [5.41, 5.74) is 1.84. The van der Waals surface area contributed by atoms with Crippen LogP contribution in [0, 0.1) is 0 Å². The van der Waals surface area contributed by atoms with Gasteiger partial charge in [0.15, 0.2) is 0 Å². The first-order chi connectivity index (χ1) is 12.4. The van der Waals surface area contributed by atoms with Crippen molar-refractivity contribution in [3.63, 3.8) is 0 Å². The van der Waals surface area contributed by atoms with Gasteiger partial charge in [0.25, 0.3) is 5.91 Å². The van der Waals surface area contributed by atoms with Gasteiger partial charge in [0.1, 0.15) is 4.32 Å². The molecule has 1 saturated heterocycles. The molecule has 26 heavy (non-hydrogen) atoms. The quantitative estimate of drug-likeness (QED) is 0.599. The molecule has 0 atom stereocenters. The SMILES string of the molecule is CCN1C(=O)C(=C/C=C2/Sc3ccc(NC(C)=O)cc3N2CC)SC1=S. The first-order valence-corrected chi connectivity index (χ1v) is 10.3. The molecular formula is C18H19N3O2S3. The Labute approximate surface area is 166 Å². The Morgan fingerprint density at radius 3 is 2.54 bits per heavy atom. The number of carbonyl (C=O) groups is 2. The summed E-state index contributed by atoms with van der Waals surface area (Å²) in [7, 11) is 0. The smallest absolute Gasteiger partial charge is 0.266 e. The third kappa shape index (κ3) is 3.67. The van der Waals surface area contributed by atoms with Crippen molar-refractivity contribution in [1.29, 1.82) is 0 Å². The maximum atomic E-state index is 12.3. The summed E-state index contributed by atoms with van der Waals surface area (Å²) >= 11 is 8.24. The van der Waals surface area contributed by atoms with Crippen LogP contribution in [0.5, 0.6) is 0 Å². The number of nitrogens with one attached hydrogen (secondary N) is 1. The number of hydrogen-bond donors (Lipinski definition) is 1. The molecule has 0 bridgehead atoms.